The lowest BCUT2D eigenvalue weighted by Crippen LogP contribution is -2.22. The molecule has 0 amide bonds. The van der Waals surface area contributed by atoms with E-state index in [2.05, 4.69) is 15.3 Å². The molecule has 0 radical (unpaired) electrons. The molecule has 180 valence electrons. The van der Waals surface area contributed by atoms with Gasteiger partial charge in [-0.05, 0) is 62.1 Å². The Hall–Kier alpha value is -4.13. The number of hydrogen-bond acceptors (Lipinski definition) is 5. The number of H-pyrrole nitrogens is 1. The van der Waals surface area contributed by atoms with E-state index in [4.69, 9.17) is 9.84 Å². The molecule has 0 bridgehead atoms. The Balaban J connectivity index is 1.73. The highest BCUT2D eigenvalue weighted by atomic mass is 16.5. The molecule has 0 spiro atoms. The van der Waals surface area contributed by atoms with Crippen molar-refractivity contribution >= 4 is 28.3 Å². The number of ketones is 1. The number of carboxylic acids is 1. The number of fused-ring (bicyclic) bond motifs is 1. The minimum absolute atomic E-state index is 0.0774. The van der Waals surface area contributed by atoms with E-state index in [1.54, 1.807) is 19.5 Å². The zero-order valence-electron chi connectivity index (χ0n) is 20.1. The van der Waals surface area contributed by atoms with Crippen LogP contribution in [0.3, 0.4) is 0 Å². The average molecular weight is 472 g/mol. The number of pyridine rings is 1. The van der Waals surface area contributed by atoms with Gasteiger partial charge in [-0.3, -0.25) is 14.6 Å². The highest BCUT2D eigenvalue weighted by Gasteiger charge is 2.26. The number of Topliss-reactive ketones (excluding diaryl/α,β-unsaturated/α-hetero) is 1. The molecule has 0 aliphatic carbocycles. The largest absolute Gasteiger partial charge is 0.497 e. The summed E-state index contributed by atoms with van der Waals surface area (Å²) in [5.74, 6) is -0.262. The number of nitrogens with zero attached hydrogens (tertiary/aromatic N) is 1. The van der Waals surface area contributed by atoms with Gasteiger partial charge in [0.2, 0.25) is 0 Å². The van der Waals surface area contributed by atoms with E-state index in [0.717, 1.165) is 33.3 Å². The summed E-state index contributed by atoms with van der Waals surface area (Å²) in [5, 5.41) is 13.3. The molecule has 2 aromatic heterocycles. The summed E-state index contributed by atoms with van der Waals surface area (Å²) in [7, 11) is 1.59. The number of aromatic amines is 1. The van der Waals surface area contributed by atoms with Gasteiger partial charge in [-0.2, -0.15) is 0 Å². The van der Waals surface area contributed by atoms with E-state index >= 15 is 0 Å². The smallest absolute Gasteiger partial charge is 0.303 e. The zero-order chi connectivity index (χ0) is 24.9. The van der Waals surface area contributed by atoms with Crippen molar-refractivity contribution in [1.29, 1.82) is 0 Å². The van der Waals surface area contributed by atoms with Gasteiger partial charge in [-0.25, -0.2) is 0 Å². The third-order valence-corrected chi connectivity index (χ3v) is 6.09. The molecule has 0 saturated heterocycles. The molecule has 4 aromatic rings. The monoisotopic (exact) mass is 471 g/mol. The number of carbonyl (C=O) groups is 2. The van der Waals surface area contributed by atoms with Gasteiger partial charge >= 0.3 is 5.97 Å². The molecule has 1 unspecified atom stereocenters. The van der Waals surface area contributed by atoms with Crippen LogP contribution in [0.25, 0.3) is 10.9 Å². The summed E-state index contributed by atoms with van der Waals surface area (Å²) in [5.41, 5.74) is 5.79. The molecule has 1 atom stereocenters. The maximum atomic E-state index is 13.9. The second-order valence-corrected chi connectivity index (χ2v) is 8.69. The van der Waals surface area contributed by atoms with Gasteiger partial charge in [0.15, 0.2) is 5.78 Å². The van der Waals surface area contributed by atoms with E-state index in [0.29, 0.717) is 29.8 Å². The van der Waals surface area contributed by atoms with E-state index in [-0.39, 0.29) is 12.2 Å². The number of carboxylic acid groups (broad SMARTS) is 1. The fourth-order valence-electron chi connectivity index (χ4n) is 4.34. The van der Waals surface area contributed by atoms with Gasteiger partial charge < -0.3 is 20.1 Å². The van der Waals surface area contributed by atoms with Crippen molar-refractivity contribution in [2.24, 2.45) is 0 Å². The summed E-state index contributed by atoms with van der Waals surface area (Å²) in [6, 6.07) is 14.7. The third kappa shape index (κ3) is 5.51. The van der Waals surface area contributed by atoms with Crippen LogP contribution in [0, 0.1) is 13.8 Å². The van der Waals surface area contributed by atoms with Gasteiger partial charge in [-0.1, -0.05) is 18.2 Å². The number of nitrogens with one attached hydrogen (secondary N) is 2. The molecule has 35 heavy (non-hydrogen) atoms. The number of carbonyl (C=O) groups excluding carboxylic acids is 1. The number of methoxy groups -OCH3 is 1. The normalized spacial score (nSPS) is 11.9. The van der Waals surface area contributed by atoms with E-state index in [9.17, 15) is 9.59 Å². The summed E-state index contributed by atoms with van der Waals surface area (Å²) >= 11 is 0. The summed E-state index contributed by atoms with van der Waals surface area (Å²) < 4.78 is 5.48. The van der Waals surface area contributed by atoms with Crippen molar-refractivity contribution < 1.29 is 19.4 Å². The Kier molecular flexibility index (Phi) is 7.15. The van der Waals surface area contributed by atoms with E-state index < -0.39 is 12.0 Å². The second kappa shape index (κ2) is 10.4. The fraction of sp³-hybridized carbons (Fsp3) is 0.250. The quantitative estimate of drug-likeness (QED) is 0.259. The first-order chi connectivity index (χ1) is 16.9. The third-order valence-electron chi connectivity index (χ3n) is 6.09. The predicted octanol–water partition coefficient (Wildman–Crippen LogP) is 5.63. The number of benzene rings is 2. The van der Waals surface area contributed by atoms with Crippen LogP contribution >= 0.6 is 0 Å². The number of anilines is 1. The molecule has 0 aliphatic rings. The molecule has 4 rings (SSSR count). The van der Waals surface area contributed by atoms with Crippen LogP contribution in [-0.2, 0) is 11.2 Å². The topological polar surface area (TPSA) is 104 Å². The SMILES string of the molecule is COc1cc(CCCC(=O)O)cc(NC(C(=O)c2c[nH]c3ccccc23)c2cnc(C)cc2C)c1. The van der Waals surface area contributed by atoms with Gasteiger partial charge in [0.05, 0.1) is 7.11 Å². The van der Waals surface area contributed by atoms with Crippen LogP contribution in [-0.4, -0.2) is 33.9 Å². The van der Waals surface area contributed by atoms with Crippen molar-refractivity contribution in [3.05, 3.63) is 88.9 Å². The Morgan fingerprint density at radius 3 is 2.69 bits per heavy atom. The predicted molar refractivity (Wildman–Crippen MR) is 136 cm³/mol. The van der Waals surface area contributed by atoms with Crippen molar-refractivity contribution in [2.75, 3.05) is 12.4 Å². The van der Waals surface area contributed by atoms with Crippen molar-refractivity contribution in [1.82, 2.24) is 9.97 Å². The number of aliphatic carboxylic acids is 1. The first-order valence-electron chi connectivity index (χ1n) is 11.6. The highest BCUT2D eigenvalue weighted by molar-refractivity contribution is 6.11. The first-order valence-corrected chi connectivity index (χ1v) is 11.6. The van der Waals surface area contributed by atoms with Gasteiger partial charge in [-0.15, -0.1) is 0 Å². The Labute approximate surface area is 204 Å². The maximum Gasteiger partial charge on any atom is 0.303 e. The minimum Gasteiger partial charge on any atom is -0.497 e. The standard InChI is InChI=1S/C28H29N3O4/c1-17-11-18(2)29-15-23(17)27(28(34)24-16-30-25-9-5-4-8-22(24)25)31-20-12-19(7-6-10-26(32)33)13-21(14-20)35-3/h4-5,8-9,11-16,27,30-31H,6-7,10H2,1-3H3,(H,32,33). The Morgan fingerprint density at radius 2 is 1.94 bits per heavy atom. The van der Waals surface area contributed by atoms with Crippen LogP contribution < -0.4 is 10.1 Å². The Morgan fingerprint density at radius 1 is 1.14 bits per heavy atom. The molecule has 0 saturated carbocycles. The molecule has 7 heteroatoms. The van der Waals surface area contributed by atoms with Crippen molar-refractivity contribution in [3.63, 3.8) is 0 Å². The van der Waals surface area contributed by atoms with Gasteiger partial charge in [0.25, 0.3) is 0 Å². The number of para-hydroxylation sites is 1. The van der Waals surface area contributed by atoms with Crippen molar-refractivity contribution in [3.8, 4) is 5.75 Å². The molecule has 0 aliphatic heterocycles. The summed E-state index contributed by atoms with van der Waals surface area (Å²) in [4.78, 5) is 32.5. The molecule has 2 heterocycles. The summed E-state index contributed by atoms with van der Waals surface area (Å²) in [6.45, 7) is 3.90. The number of aromatic nitrogens is 2. The number of aryl methyl sites for hydroxylation is 3. The van der Waals surface area contributed by atoms with Crippen LogP contribution in [0.4, 0.5) is 5.69 Å². The van der Waals surface area contributed by atoms with Crippen LogP contribution in [0.2, 0.25) is 0 Å². The molecule has 2 aromatic carbocycles. The first kappa shape index (κ1) is 24.0. The number of rotatable bonds is 10. The molecular weight excluding hydrogens is 442 g/mol. The average Bonchev–Trinajstić information content (AvgIpc) is 3.26. The highest BCUT2D eigenvalue weighted by Crippen LogP contribution is 2.31. The summed E-state index contributed by atoms with van der Waals surface area (Å²) in [6.07, 6.45) is 4.70. The minimum atomic E-state index is -0.821. The Bertz CT molecular complexity index is 1380. The molecular formula is C28H29N3O4. The number of ether oxygens (including phenoxy) is 1. The van der Waals surface area contributed by atoms with E-state index in [1.807, 2.05) is 62.4 Å². The second-order valence-electron chi connectivity index (χ2n) is 8.69. The molecule has 7 nitrogen and oxygen atoms in total. The van der Waals surface area contributed by atoms with Gasteiger partial charge in [0.1, 0.15) is 11.8 Å². The fourth-order valence-corrected chi connectivity index (χ4v) is 4.34. The van der Waals surface area contributed by atoms with Crippen LogP contribution in [0.15, 0.2) is 60.9 Å². The van der Waals surface area contributed by atoms with Crippen LogP contribution in [0.5, 0.6) is 5.75 Å². The van der Waals surface area contributed by atoms with Crippen LogP contribution in [0.1, 0.15) is 51.6 Å². The maximum absolute atomic E-state index is 13.9. The molecule has 0 fully saturated rings. The zero-order valence-corrected chi connectivity index (χ0v) is 20.1. The van der Waals surface area contributed by atoms with E-state index in [1.165, 1.54) is 0 Å². The lowest BCUT2D eigenvalue weighted by atomic mass is 9.94. The van der Waals surface area contributed by atoms with Crippen molar-refractivity contribution in [2.45, 2.75) is 39.2 Å². The lowest BCUT2D eigenvalue weighted by molar-refractivity contribution is -0.137. The molecule has 3 N–H and O–H groups in total. The number of hydrogen-bond donors (Lipinski definition) is 3. The lowest BCUT2D eigenvalue weighted by Gasteiger charge is -2.22. The van der Waals surface area contributed by atoms with Gasteiger partial charge in [0, 0.05) is 58.3 Å².